The van der Waals surface area contributed by atoms with Gasteiger partial charge in [-0.15, -0.1) is 0 Å². The van der Waals surface area contributed by atoms with Gasteiger partial charge in [-0.25, -0.2) is 4.79 Å². The van der Waals surface area contributed by atoms with E-state index in [0.29, 0.717) is 22.9 Å². The number of nitrogens with zero attached hydrogens (tertiary/aromatic N) is 1. The highest BCUT2D eigenvalue weighted by molar-refractivity contribution is 9.10. The van der Waals surface area contributed by atoms with Gasteiger partial charge in [0.15, 0.2) is 0 Å². The second-order valence-electron chi connectivity index (χ2n) is 4.81. The van der Waals surface area contributed by atoms with Crippen LogP contribution in [0.5, 0.6) is 0 Å². The van der Waals surface area contributed by atoms with E-state index < -0.39 is 22.8 Å². The van der Waals surface area contributed by atoms with Gasteiger partial charge < -0.3 is 10.4 Å². The molecule has 1 amide bonds. The minimum atomic E-state index is -1.07. The third-order valence-electron chi connectivity index (χ3n) is 3.08. The molecule has 8 heteroatoms. The maximum absolute atomic E-state index is 11.9. The first-order chi connectivity index (χ1) is 10.3. The number of nitro benzene ring substituents is 1. The molecule has 7 nitrogen and oxygen atoms in total. The standard InChI is InChI=1S/C14H17BrN2O5/c1-2-3-4-12(14(19)20)16-13(18)7-9-5-6-10(17(21)22)8-11(9)15/h5-6,8,12H,2-4,7H2,1H3,(H,16,18)(H,19,20)/t12-/m0/s1. The van der Waals surface area contributed by atoms with Gasteiger partial charge in [-0.05, 0) is 12.0 Å². The Hall–Kier alpha value is -1.96. The second-order valence-corrected chi connectivity index (χ2v) is 5.66. The van der Waals surface area contributed by atoms with Gasteiger partial charge in [-0.1, -0.05) is 41.8 Å². The van der Waals surface area contributed by atoms with Crippen molar-refractivity contribution in [3.63, 3.8) is 0 Å². The molecule has 120 valence electrons. The quantitative estimate of drug-likeness (QED) is 0.538. The maximum atomic E-state index is 11.9. The number of carboxylic acid groups (broad SMARTS) is 1. The number of nitrogens with one attached hydrogen (secondary N) is 1. The number of hydrogen-bond acceptors (Lipinski definition) is 4. The van der Waals surface area contributed by atoms with Crippen LogP contribution in [0.1, 0.15) is 31.7 Å². The molecule has 0 heterocycles. The average Bonchev–Trinajstić information content (AvgIpc) is 2.45. The number of carbonyl (C=O) groups excluding carboxylic acids is 1. The van der Waals surface area contributed by atoms with E-state index in [1.165, 1.54) is 18.2 Å². The van der Waals surface area contributed by atoms with E-state index in [4.69, 9.17) is 5.11 Å². The summed E-state index contributed by atoms with van der Waals surface area (Å²) in [5.74, 6) is -1.50. The van der Waals surface area contributed by atoms with E-state index in [1.807, 2.05) is 6.92 Å². The van der Waals surface area contributed by atoms with Gasteiger partial charge in [0, 0.05) is 16.6 Å². The van der Waals surface area contributed by atoms with Crippen molar-refractivity contribution in [3.8, 4) is 0 Å². The van der Waals surface area contributed by atoms with E-state index in [9.17, 15) is 19.7 Å². The first kappa shape index (κ1) is 18.1. The zero-order valence-electron chi connectivity index (χ0n) is 12.0. The van der Waals surface area contributed by atoms with Crippen molar-refractivity contribution in [1.29, 1.82) is 0 Å². The predicted octanol–water partition coefficient (Wildman–Crippen LogP) is 2.66. The molecule has 1 atom stereocenters. The summed E-state index contributed by atoms with van der Waals surface area (Å²) in [5.41, 5.74) is 0.477. The van der Waals surface area contributed by atoms with E-state index in [1.54, 1.807) is 0 Å². The molecule has 0 unspecified atom stereocenters. The molecule has 22 heavy (non-hydrogen) atoms. The number of carboxylic acids is 1. The minimum Gasteiger partial charge on any atom is -0.480 e. The van der Waals surface area contributed by atoms with Crippen molar-refractivity contribution in [2.45, 2.75) is 38.6 Å². The molecule has 0 aliphatic carbocycles. The van der Waals surface area contributed by atoms with Gasteiger partial charge in [0.2, 0.25) is 5.91 Å². The molecule has 0 bridgehead atoms. The fraction of sp³-hybridized carbons (Fsp3) is 0.429. The molecule has 1 aromatic rings. The number of halogens is 1. The molecule has 0 aliphatic rings. The lowest BCUT2D eigenvalue weighted by Gasteiger charge is -2.14. The Bertz CT molecular complexity index is 576. The molecular weight excluding hydrogens is 356 g/mol. The fourth-order valence-electron chi connectivity index (χ4n) is 1.88. The smallest absolute Gasteiger partial charge is 0.326 e. The summed E-state index contributed by atoms with van der Waals surface area (Å²) in [4.78, 5) is 33.1. The summed E-state index contributed by atoms with van der Waals surface area (Å²) in [6.07, 6.45) is 1.87. The van der Waals surface area contributed by atoms with Crippen LogP contribution in [-0.2, 0) is 16.0 Å². The van der Waals surface area contributed by atoms with Gasteiger partial charge >= 0.3 is 5.97 Å². The number of unbranched alkanes of at least 4 members (excludes halogenated alkanes) is 1. The summed E-state index contributed by atoms with van der Waals surface area (Å²) in [6, 6.07) is 3.18. The van der Waals surface area contributed by atoms with Crippen molar-refractivity contribution in [3.05, 3.63) is 38.3 Å². The summed E-state index contributed by atoms with van der Waals surface area (Å²) in [7, 11) is 0. The lowest BCUT2D eigenvalue weighted by Crippen LogP contribution is -2.41. The number of nitro groups is 1. The molecule has 1 aromatic carbocycles. The lowest BCUT2D eigenvalue weighted by molar-refractivity contribution is -0.384. The van der Waals surface area contributed by atoms with E-state index in [0.717, 1.165) is 6.42 Å². The third kappa shape index (κ3) is 5.44. The molecule has 0 aromatic heterocycles. The Morgan fingerprint density at radius 1 is 1.45 bits per heavy atom. The van der Waals surface area contributed by atoms with Crippen LogP contribution in [0, 0.1) is 10.1 Å². The molecular formula is C14H17BrN2O5. The SMILES string of the molecule is CCCC[C@H](NC(=O)Cc1ccc([N+](=O)[O-])cc1Br)C(=O)O. The average molecular weight is 373 g/mol. The normalized spacial score (nSPS) is 11.7. The van der Waals surface area contributed by atoms with Gasteiger partial charge in [-0.3, -0.25) is 14.9 Å². The molecule has 1 rings (SSSR count). The Morgan fingerprint density at radius 3 is 2.64 bits per heavy atom. The highest BCUT2D eigenvalue weighted by Gasteiger charge is 2.20. The number of rotatable bonds is 8. The first-order valence-electron chi connectivity index (χ1n) is 6.80. The molecule has 0 radical (unpaired) electrons. The molecule has 0 spiro atoms. The third-order valence-corrected chi connectivity index (χ3v) is 3.82. The number of non-ortho nitro benzene ring substituents is 1. The van der Waals surface area contributed by atoms with Crippen LogP contribution < -0.4 is 5.32 Å². The van der Waals surface area contributed by atoms with Crippen LogP contribution in [0.4, 0.5) is 5.69 Å². The van der Waals surface area contributed by atoms with Crippen molar-refractivity contribution in [2.75, 3.05) is 0 Å². The summed E-state index contributed by atoms with van der Waals surface area (Å²) in [6.45, 7) is 1.94. The molecule has 0 aliphatic heterocycles. The van der Waals surface area contributed by atoms with Crippen molar-refractivity contribution in [1.82, 2.24) is 5.32 Å². The van der Waals surface area contributed by atoms with E-state index in [2.05, 4.69) is 21.2 Å². The maximum Gasteiger partial charge on any atom is 0.326 e. The van der Waals surface area contributed by atoms with Gasteiger partial charge in [0.1, 0.15) is 6.04 Å². The summed E-state index contributed by atoms with van der Waals surface area (Å²) in [5, 5.41) is 22.2. The Balaban J connectivity index is 2.71. The predicted molar refractivity (Wildman–Crippen MR) is 83.6 cm³/mol. The van der Waals surface area contributed by atoms with Gasteiger partial charge in [0.05, 0.1) is 11.3 Å². The highest BCUT2D eigenvalue weighted by atomic mass is 79.9. The number of benzene rings is 1. The largest absolute Gasteiger partial charge is 0.480 e. The van der Waals surface area contributed by atoms with Crippen LogP contribution in [-0.4, -0.2) is 27.9 Å². The topological polar surface area (TPSA) is 110 Å². The molecule has 0 saturated heterocycles. The lowest BCUT2D eigenvalue weighted by atomic mass is 10.1. The van der Waals surface area contributed by atoms with E-state index in [-0.39, 0.29) is 12.1 Å². The molecule has 2 N–H and O–H groups in total. The van der Waals surface area contributed by atoms with Gasteiger partial charge in [0.25, 0.3) is 5.69 Å². The minimum absolute atomic E-state index is 0.0471. The van der Waals surface area contributed by atoms with Crippen molar-refractivity contribution < 1.29 is 19.6 Å². The van der Waals surface area contributed by atoms with Crippen LogP contribution >= 0.6 is 15.9 Å². The monoisotopic (exact) mass is 372 g/mol. The zero-order valence-corrected chi connectivity index (χ0v) is 13.6. The van der Waals surface area contributed by atoms with Crippen molar-refractivity contribution >= 4 is 33.5 Å². The zero-order chi connectivity index (χ0) is 16.7. The second kappa shape index (κ2) is 8.47. The van der Waals surface area contributed by atoms with Crippen LogP contribution in [0.3, 0.4) is 0 Å². The number of amides is 1. The molecule has 0 fully saturated rings. The molecule has 0 saturated carbocycles. The Morgan fingerprint density at radius 2 is 2.14 bits per heavy atom. The summed E-state index contributed by atoms with van der Waals surface area (Å²) < 4.78 is 0.442. The number of aliphatic carboxylic acids is 1. The van der Waals surface area contributed by atoms with E-state index >= 15 is 0 Å². The first-order valence-corrected chi connectivity index (χ1v) is 7.59. The van der Waals surface area contributed by atoms with Gasteiger partial charge in [-0.2, -0.15) is 0 Å². The number of carbonyl (C=O) groups is 2. The van der Waals surface area contributed by atoms with Crippen LogP contribution in [0.2, 0.25) is 0 Å². The fourth-order valence-corrected chi connectivity index (χ4v) is 2.38. The Kier molecular flexibility index (Phi) is 6.97. The van der Waals surface area contributed by atoms with Crippen molar-refractivity contribution in [2.24, 2.45) is 0 Å². The van der Waals surface area contributed by atoms with Crippen LogP contribution in [0.25, 0.3) is 0 Å². The number of hydrogen-bond donors (Lipinski definition) is 2. The van der Waals surface area contributed by atoms with Crippen LogP contribution in [0.15, 0.2) is 22.7 Å². The Labute approximate surface area is 136 Å². The highest BCUT2D eigenvalue weighted by Crippen LogP contribution is 2.23. The summed E-state index contributed by atoms with van der Waals surface area (Å²) >= 11 is 3.18.